The third kappa shape index (κ3) is 3.63. The van der Waals surface area contributed by atoms with Crippen LogP contribution in [0.25, 0.3) is 0 Å². The molecular weight excluding hydrogens is 486 g/mol. The van der Waals surface area contributed by atoms with E-state index in [9.17, 15) is 24.6 Å². The van der Waals surface area contributed by atoms with Crippen molar-refractivity contribution in [2.75, 3.05) is 0 Å². The Morgan fingerprint density at radius 1 is 1.14 bits per heavy atom. The van der Waals surface area contributed by atoms with Crippen LogP contribution in [0, 0.1) is 34.5 Å². The van der Waals surface area contributed by atoms with Gasteiger partial charge in [-0.1, -0.05) is 0 Å². The maximum atomic E-state index is 17.5. The van der Waals surface area contributed by atoms with Gasteiger partial charge in [-0.25, -0.2) is 0 Å². The molecule has 4 saturated carbocycles. The molecule has 2 N–H and O–H groups in total. The van der Waals surface area contributed by atoms with Gasteiger partial charge in [0.15, 0.2) is 0 Å². The molecule has 37 heavy (non-hydrogen) atoms. The molecule has 0 spiro atoms. The van der Waals surface area contributed by atoms with Crippen molar-refractivity contribution < 1.29 is 33.7 Å². The maximum absolute atomic E-state index is 17.5. The Hall–Kier alpha value is -1.12. The average molecular weight is 523 g/mol. The summed E-state index contributed by atoms with van der Waals surface area (Å²) in [6.07, 6.45) is 1.32. The van der Waals surface area contributed by atoms with Gasteiger partial charge in [0.05, 0.1) is 0 Å². The average Bonchev–Trinajstić information content (AvgIpc) is 3.07. The predicted octanol–water partition coefficient (Wildman–Crippen LogP) is 3.56. The van der Waals surface area contributed by atoms with E-state index in [2.05, 4.69) is 0 Å². The fraction of sp³-hybridized carbons (Fsp3) is 0.690. The molecule has 1 aromatic rings. The minimum atomic E-state index is -1.90. The van der Waals surface area contributed by atoms with Gasteiger partial charge in [-0.3, -0.25) is 0 Å². The van der Waals surface area contributed by atoms with Crippen LogP contribution in [0.15, 0.2) is 30.3 Å². The van der Waals surface area contributed by atoms with Crippen molar-refractivity contribution in [1.29, 1.82) is 0 Å². The number of carbonyl (C=O) groups excluding carboxylic acids is 3. The quantitative estimate of drug-likeness (QED) is 0.463. The first-order valence-electron chi connectivity index (χ1n) is 13.7. The summed E-state index contributed by atoms with van der Waals surface area (Å²) in [7, 11) is 0. The van der Waals surface area contributed by atoms with Gasteiger partial charge in [0.2, 0.25) is 0 Å². The van der Waals surface area contributed by atoms with Crippen LogP contribution < -0.4 is 0 Å². The van der Waals surface area contributed by atoms with Crippen molar-refractivity contribution in [3.63, 3.8) is 0 Å². The zero-order valence-electron chi connectivity index (χ0n) is 22.2. The van der Waals surface area contributed by atoms with E-state index in [0.717, 1.165) is 0 Å². The molecule has 0 aromatic heterocycles. The molecule has 0 bridgehead atoms. The Bertz CT molecular complexity index is 1110. The van der Waals surface area contributed by atoms with Gasteiger partial charge in [0.1, 0.15) is 0 Å². The molecule has 196 valence electrons. The van der Waals surface area contributed by atoms with Crippen LogP contribution >= 0.6 is 0 Å². The second kappa shape index (κ2) is 9.22. The number of Topliss-reactive ketones (excluding diaryl/α,β-unsaturated/α-hetero) is 2. The number of fused-ring (bicyclic) bond motifs is 5. The number of halogens is 1. The monoisotopic (exact) mass is 522 g/mol. The van der Waals surface area contributed by atoms with Crippen LogP contribution in [0.2, 0.25) is 0 Å². The summed E-state index contributed by atoms with van der Waals surface area (Å²) in [6.45, 7) is 5.60. The van der Waals surface area contributed by atoms with Gasteiger partial charge >= 0.3 is 236 Å². The van der Waals surface area contributed by atoms with Gasteiger partial charge < -0.3 is 0 Å². The fourth-order valence-electron chi connectivity index (χ4n) is 9.25. The van der Waals surface area contributed by atoms with Crippen molar-refractivity contribution in [1.82, 2.24) is 0 Å². The van der Waals surface area contributed by atoms with Gasteiger partial charge in [-0.15, -0.1) is 0 Å². The van der Waals surface area contributed by atoms with Crippen LogP contribution in [0.3, 0.4) is 0 Å². The first kappa shape index (κ1) is 27.4. The Kier molecular flexibility index (Phi) is 6.84. The molecule has 0 radical (unpaired) electrons. The van der Waals surface area contributed by atoms with E-state index in [1.807, 2.05) is 20.8 Å². The molecule has 0 heterocycles. The minimum absolute atomic E-state index is 0.0483. The van der Waals surface area contributed by atoms with E-state index < -0.39 is 55.1 Å². The first-order valence-corrected chi connectivity index (χ1v) is 14.9. The number of aliphatic hydroxyl groups excluding tert-OH is 2. The van der Waals surface area contributed by atoms with Crippen LogP contribution in [-0.2, 0) is 14.3 Å². The molecule has 8 heteroatoms. The summed E-state index contributed by atoms with van der Waals surface area (Å²) in [5, 5.41) is 22.2. The fourth-order valence-corrected chi connectivity index (χ4v) is 9.68. The Morgan fingerprint density at radius 2 is 1.81 bits per heavy atom. The van der Waals surface area contributed by atoms with E-state index in [-0.39, 0.29) is 52.0 Å². The number of ketones is 2. The summed E-state index contributed by atoms with van der Waals surface area (Å²) in [4.78, 5) is 39.5. The van der Waals surface area contributed by atoms with Crippen molar-refractivity contribution in [2.45, 2.75) is 86.4 Å². The van der Waals surface area contributed by atoms with Crippen LogP contribution in [0.5, 0.6) is 0 Å². The normalized spacial score (nSPS) is 45.8. The summed E-state index contributed by atoms with van der Waals surface area (Å²) < 4.78 is 22.5. The number of hydrogen-bond acceptors (Lipinski definition) is 6. The van der Waals surface area contributed by atoms with E-state index >= 15 is 4.39 Å². The summed E-state index contributed by atoms with van der Waals surface area (Å²) in [5.41, 5.74) is -5.15. The molecule has 4 fully saturated rings. The third-order valence-corrected chi connectivity index (χ3v) is 11.6. The van der Waals surface area contributed by atoms with E-state index in [0.29, 0.717) is 44.1 Å². The number of alkyl halides is 1. The topological polar surface area (TPSA) is 101 Å². The SMILES string of the molecule is C[C@@H]1C[C@H]2[C@@H]3CC[C@@H]4CC(=O)CC[C@]4(C)[C@@]3(F)[C@@H](O)C[C@]2(C)[C@]1(OC(=O)c1ccccc1)C(=O)[CH](O)[Na]. The molecule has 0 amide bonds. The molecule has 0 saturated heterocycles. The Labute approximate surface area is 235 Å². The van der Waals surface area contributed by atoms with Gasteiger partial charge in [-0.2, -0.15) is 0 Å². The second-order valence-corrected chi connectivity index (χ2v) is 13.8. The number of ether oxygens (including phenoxy) is 1. The number of aliphatic hydroxyl groups is 2. The number of benzene rings is 1. The third-order valence-electron chi connectivity index (χ3n) is 11.1. The first-order chi connectivity index (χ1) is 17.3. The van der Waals surface area contributed by atoms with Crippen LogP contribution in [-0.4, -0.2) is 76.4 Å². The summed E-state index contributed by atoms with van der Waals surface area (Å²) in [6, 6.07) is 8.44. The number of rotatable bonds is 4. The van der Waals surface area contributed by atoms with E-state index in [4.69, 9.17) is 4.74 Å². The Morgan fingerprint density at radius 3 is 2.46 bits per heavy atom. The molecule has 4 aliphatic carbocycles. The molecule has 0 aliphatic heterocycles. The number of hydrogen-bond donors (Lipinski definition) is 2. The van der Waals surface area contributed by atoms with Crippen molar-refractivity contribution in [3.8, 4) is 0 Å². The molecule has 5 rings (SSSR count). The zero-order chi connectivity index (χ0) is 27.0. The number of carbonyl (C=O) groups is 3. The van der Waals surface area contributed by atoms with Gasteiger partial charge in [0.25, 0.3) is 0 Å². The second-order valence-electron chi connectivity index (χ2n) is 12.7. The summed E-state index contributed by atoms with van der Waals surface area (Å²) >= 11 is 0.161. The summed E-state index contributed by atoms with van der Waals surface area (Å²) in [5.74, 6) is -2.46. The predicted molar refractivity (Wildman–Crippen MR) is 134 cm³/mol. The molecule has 1 unspecified atom stereocenters. The van der Waals surface area contributed by atoms with E-state index in [1.54, 1.807) is 30.3 Å². The van der Waals surface area contributed by atoms with Gasteiger partial charge in [-0.05, 0) is 0 Å². The zero-order valence-corrected chi connectivity index (χ0v) is 24.2. The van der Waals surface area contributed by atoms with Crippen LogP contribution in [0.1, 0.15) is 76.1 Å². The molecule has 6 nitrogen and oxygen atoms in total. The van der Waals surface area contributed by atoms with E-state index in [1.165, 1.54) is 0 Å². The van der Waals surface area contributed by atoms with Crippen molar-refractivity contribution >= 4 is 45.5 Å². The Balaban J connectivity index is 1.60. The van der Waals surface area contributed by atoms with Crippen LogP contribution in [0.4, 0.5) is 4.39 Å². The van der Waals surface area contributed by atoms with Crippen molar-refractivity contribution in [3.05, 3.63) is 35.9 Å². The molecule has 10 atom stereocenters. The molecule has 1 aromatic carbocycles. The number of esters is 1. The van der Waals surface area contributed by atoms with Crippen molar-refractivity contribution in [2.24, 2.45) is 34.5 Å². The molecular formula is C29H36FNaO6. The molecule has 4 aliphatic rings. The van der Waals surface area contributed by atoms with Gasteiger partial charge in [0, 0.05) is 0 Å². The standard InChI is InChI=1S/C29H36FO6.Na/c1-17-13-22-21-10-9-19-14-20(32)11-12-26(19,2)28(21,30)23(33)15-27(22,3)29(17,24(34)16-31)36-25(35)18-7-5-4-6-8-18;/h4-8,16-17,19,21-23,31,33H,9-15H2,1-3H3;/t17-,19-,21+,22+,23+,26+,27+,28+,29-;/m1./s1.